The van der Waals surface area contributed by atoms with Gasteiger partial charge in [0.25, 0.3) is 5.91 Å². The summed E-state index contributed by atoms with van der Waals surface area (Å²) in [7, 11) is 1.51. The third-order valence-corrected chi connectivity index (χ3v) is 4.97. The minimum atomic E-state index is -0.602. The van der Waals surface area contributed by atoms with E-state index in [0.29, 0.717) is 40.5 Å². The van der Waals surface area contributed by atoms with Crippen LogP contribution >= 0.6 is 15.9 Å². The number of carbonyl (C=O) groups is 1. The van der Waals surface area contributed by atoms with Crippen LogP contribution in [0.4, 0.5) is 5.82 Å². The number of halogens is 1. The van der Waals surface area contributed by atoms with Crippen LogP contribution in [0.15, 0.2) is 57.0 Å². The first-order valence-corrected chi connectivity index (χ1v) is 10.7. The quantitative estimate of drug-likeness (QED) is 0.243. The Hall–Kier alpha value is -3.77. The standard InChI is InChI=1S/C24H22BrN3O5/c1-15-5-4-6-19(9-15)31-7-8-32-23-20(25)12-17(13-21(23)30-3)11-18(14-26)24(29)27-22-10-16(2)33-28-22/h4-6,9-13H,7-8H2,1-3H3,(H,27,28,29). The predicted octanol–water partition coefficient (Wildman–Crippen LogP) is 5.07. The number of hydrogen-bond donors (Lipinski definition) is 1. The van der Waals surface area contributed by atoms with Gasteiger partial charge in [-0.25, -0.2) is 0 Å². The van der Waals surface area contributed by atoms with E-state index in [1.165, 1.54) is 13.2 Å². The maximum atomic E-state index is 12.4. The number of benzene rings is 2. The topological polar surface area (TPSA) is 107 Å². The van der Waals surface area contributed by atoms with Crippen LogP contribution in [0.1, 0.15) is 16.9 Å². The van der Waals surface area contributed by atoms with Crippen molar-refractivity contribution in [2.75, 3.05) is 25.6 Å². The third-order valence-electron chi connectivity index (χ3n) is 4.39. The van der Waals surface area contributed by atoms with E-state index in [4.69, 9.17) is 18.7 Å². The maximum absolute atomic E-state index is 12.4. The Morgan fingerprint density at radius 1 is 1.21 bits per heavy atom. The second-order valence-electron chi connectivity index (χ2n) is 6.99. The molecule has 0 radical (unpaired) electrons. The Morgan fingerprint density at radius 2 is 2.00 bits per heavy atom. The lowest BCUT2D eigenvalue weighted by molar-refractivity contribution is -0.112. The molecule has 0 saturated carbocycles. The molecule has 0 atom stereocenters. The van der Waals surface area contributed by atoms with Gasteiger partial charge < -0.3 is 24.1 Å². The Morgan fingerprint density at radius 3 is 2.67 bits per heavy atom. The number of nitrogens with zero attached hydrogens (tertiary/aromatic N) is 2. The molecule has 1 heterocycles. The second-order valence-corrected chi connectivity index (χ2v) is 7.85. The van der Waals surface area contributed by atoms with E-state index in [9.17, 15) is 10.1 Å². The highest BCUT2D eigenvalue weighted by Crippen LogP contribution is 2.37. The van der Waals surface area contributed by atoms with Gasteiger partial charge >= 0.3 is 0 Å². The Kier molecular flexibility index (Phi) is 8.11. The summed E-state index contributed by atoms with van der Waals surface area (Å²) < 4.78 is 22.5. The van der Waals surface area contributed by atoms with Gasteiger partial charge in [0.2, 0.25) is 0 Å². The number of anilines is 1. The van der Waals surface area contributed by atoms with Gasteiger partial charge in [0, 0.05) is 6.07 Å². The number of hydrogen-bond acceptors (Lipinski definition) is 7. The van der Waals surface area contributed by atoms with Crippen molar-refractivity contribution in [2.45, 2.75) is 13.8 Å². The zero-order valence-corrected chi connectivity index (χ0v) is 19.9. The Balaban J connectivity index is 1.69. The maximum Gasteiger partial charge on any atom is 0.267 e. The molecule has 1 amide bonds. The number of aromatic nitrogens is 1. The first kappa shape index (κ1) is 23.9. The number of amides is 1. The van der Waals surface area contributed by atoms with E-state index in [2.05, 4.69) is 26.4 Å². The van der Waals surface area contributed by atoms with Crippen molar-refractivity contribution in [2.24, 2.45) is 0 Å². The monoisotopic (exact) mass is 511 g/mol. The molecule has 3 aromatic rings. The molecule has 8 nitrogen and oxygen atoms in total. The van der Waals surface area contributed by atoms with Crippen LogP contribution in [0.2, 0.25) is 0 Å². The normalized spacial score (nSPS) is 10.9. The highest BCUT2D eigenvalue weighted by Gasteiger charge is 2.15. The second kappa shape index (κ2) is 11.2. The fraction of sp³-hybridized carbons (Fsp3) is 0.208. The molecule has 0 spiro atoms. The van der Waals surface area contributed by atoms with E-state index < -0.39 is 5.91 Å². The van der Waals surface area contributed by atoms with Gasteiger partial charge in [-0.1, -0.05) is 17.3 Å². The summed E-state index contributed by atoms with van der Waals surface area (Å²) in [6.45, 7) is 4.34. The molecular formula is C24H22BrN3O5. The van der Waals surface area contributed by atoms with Crippen LogP contribution in [0.25, 0.3) is 6.08 Å². The van der Waals surface area contributed by atoms with E-state index in [1.807, 2.05) is 37.3 Å². The lowest BCUT2D eigenvalue weighted by Crippen LogP contribution is -2.13. The highest BCUT2D eigenvalue weighted by molar-refractivity contribution is 9.10. The van der Waals surface area contributed by atoms with Crippen LogP contribution in [0, 0.1) is 25.2 Å². The lowest BCUT2D eigenvalue weighted by atomic mass is 10.1. The van der Waals surface area contributed by atoms with Crippen LogP contribution in [0.5, 0.6) is 17.2 Å². The van der Waals surface area contributed by atoms with Crippen molar-refractivity contribution in [3.63, 3.8) is 0 Å². The molecule has 1 aromatic heterocycles. The van der Waals surface area contributed by atoms with Crippen LogP contribution in [0.3, 0.4) is 0 Å². The molecule has 3 rings (SSSR count). The molecule has 170 valence electrons. The molecule has 9 heteroatoms. The molecule has 2 aromatic carbocycles. The number of methoxy groups -OCH3 is 1. The lowest BCUT2D eigenvalue weighted by Gasteiger charge is -2.14. The molecule has 0 fully saturated rings. The van der Waals surface area contributed by atoms with E-state index >= 15 is 0 Å². The summed E-state index contributed by atoms with van der Waals surface area (Å²) in [6.07, 6.45) is 1.44. The van der Waals surface area contributed by atoms with Gasteiger partial charge in [-0.05, 0) is 71.2 Å². The molecule has 0 aliphatic carbocycles. The van der Waals surface area contributed by atoms with Gasteiger partial charge in [-0.3, -0.25) is 4.79 Å². The molecule has 0 aliphatic heterocycles. The summed E-state index contributed by atoms with van der Waals surface area (Å²) in [6, 6.07) is 14.6. The highest BCUT2D eigenvalue weighted by atomic mass is 79.9. The smallest absolute Gasteiger partial charge is 0.267 e. The van der Waals surface area contributed by atoms with Crippen molar-refractivity contribution >= 4 is 33.7 Å². The molecule has 1 N–H and O–H groups in total. The summed E-state index contributed by atoms with van der Waals surface area (Å²) >= 11 is 3.47. The molecular weight excluding hydrogens is 490 g/mol. The number of ether oxygens (including phenoxy) is 3. The van der Waals surface area contributed by atoms with Crippen LogP contribution in [-0.2, 0) is 4.79 Å². The minimum absolute atomic E-state index is 0.107. The number of nitrogens with one attached hydrogen (secondary N) is 1. The number of rotatable bonds is 9. The van der Waals surface area contributed by atoms with Crippen LogP contribution < -0.4 is 19.5 Å². The van der Waals surface area contributed by atoms with E-state index in [-0.39, 0.29) is 11.4 Å². The van der Waals surface area contributed by atoms with Gasteiger partial charge in [0.05, 0.1) is 11.6 Å². The van der Waals surface area contributed by atoms with E-state index in [0.717, 1.165) is 11.3 Å². The van der Waals surface area contributed by atoms with Gasteiger partial charge in [0.1, 0.15) is 36.4 Å². The summed E-state index contributed by atoms with van der Waals surface area (Å²) in [4.78, 5) is 12.4. The predicted molar refractivity (Wildman–Crippen MR) is 126 cm³/mol. The van der Waals surface area contributed by atoms with Gasteiger partial charge in [0.15, 0.2) is 17.3 Å². The molecule has 33 heavy (non-hydrogen) atoms. The number of carbonyl (C=O) groups excluding carboxylic acids is 1. The van der Waals surface area contributed by atoms with Crippen molar-refractivity contribution in [3.8, 4) is 23.3 Å². The molecule has 0 aliphatic rings. The van der Waals surface area contributed by atoms with Crippen molar-refractivity contribution in [3.05, 3.63) is 69.4 Å². The number of nitriles is 1. The number of aryl methyl sites for hydroxylation is 2. The zero-order chi connectivity index (χ0) is 23.8. The van der Waals surface area contributed by atoms with Crippen molar-refractivity contribution in [1.29, 1.82) is 5.26 Å². The Labute approximate surface area is 199 Å². The fourth-order valence-corrected chi connectivity index (χ4v) is 3.47. The summed E-state index contributed by atoms with van der Waals surface area (Å²) in [5.74, 6) is 1.87. The van der Waals surface area contributed by atoms with E-state index in [1.54, 1.807) is 25.1 Å². The first-order valence-electron chi connectivity index (χ1n) is 9.96. The summed E-state index contributed by atoms with van der Waals surface area (Å²) in [5, 5.41) is 15.7. The molecule has 0 unspecified atom stereocenters. The zero-order valence-electron chi connectivity index (χ0n) is 18.3. The average Bonchev–Trinajstić information content (AvgIpc) is 3.20. The Bertz CT molecular complexity index is 1210. The summed E-state index contributed by atoms with van der Waals surface area (Å²) in [5.41, 5.74) is 1.58. The third kappa shape index (κ3) is 6.60. The molecule has 0 bridgehead atoms. The minimum Gasteiger partial charge on any atom is -0.493 e. The van der Waals surface area contributed by atoms with Gasteiger partial charge in [-0.2, -0.15) is 5.26 Å². The van der Waals surface area contributed by atoms with Crippen LogP contribution in [-0.4, -0.2) is 31.4 Å². The average molecular weight is 512 g/mol. The first-order chi connectivity index (χ1) is 15.9. The SMILES string of the molecule is COc1cc(C=C(C#N)C(=O)Nc2cc(C)on2)cc(Br)c1OCCOc1cccc(C)c1. The van der Waals surface area contributed by atoms with Gasteiger partial charge in [-0.15, -0.1) is 0 Å². The largest absolute Gasteiger partial charge is 0.493 e. The van der Waals surface area contributed by atoms with Crippen molar-refractivity contribution < 1.29 is 23.5 Å². The van der Waals surface area contributed by atoms with Crippen molar-refractivity contribution in [1.82, 2.24) is 5.16 Å². The molecule has 0 saturated heterocycles. The fourth-order valence-electron chi connectivity index (χ4n) is 2.90.